The number of esters is 1. The number of hydrogen-bond donors (Lipinski definition) is 0. The van der Waals surface area contributed by atoms with Crippen molar-refractivity contribution in [3.05, 3.63) is 12.7 Å². The van der Waals surface area contributed by atoms with Crippen molar-refractivity contribution in [2.24, 2.45) is 0 Å². The lowest BCUT2D eigenvalue weighted by atomic mass is 10.2. The summed E-state index contributed by atoms with van der Waals surface area (Å²) < 4.78 is 2.77. The molecule has 0 aliphatic heterocycles. The maximum atomic E-state index is 10.9. The summed E-state index contributed by atoms with van der Waals surface area (Å²) in [6.45, 7) is 3.90. The third kappa shape index (κ3) is 7.48. The lowest BCUT2D eigenvalue weighted by molar-refractivity contribution is -0.142. The highest BCUT2D eigenvalue weighted by atomic mass is 35.6. The van der Waals surface area contributed by atoms with E-state index < -0.39 is 9.76 Å². The van der Waals surface area contributed by atoms with Crippen LogP contribution in [0.1, 0.15) is 25.7 Å². The van der Waals surface area contributed by atoms with E-state index in [1.807, 2.05) is 6.08 Å². The molecule has 0 fully saturated rings. The summed E-state index contributed by atoms with van der Waals surface area (Å²) >= 11 is 15.9. The van der Waals surface area contributed by atoms with Gasteiger partial charge in [0, 0.05) is 0 Å². The van der Waals surface area contributed by atoms with Gasteiger partial charge in [0.25, 0.3) is 3.79 Å². The van der Waals surface area contributed by atoms with E-state index in [1.54, 1.807) is 0 Å². The van der Waals surface area contributed by atoms with Gasteiger partial charge < -0.3 is 4.74 Å². The molecule has 0 N–H and O–H groups in total. The molecule has 14 heavy (non-hydrogen) atoms. The monoisotopic (exact) mass is 258 g/mol. The van der Waals surface area contributed by atoms with Crippen LogP contribution in [0.4, 0.5) is 0 Å². The molecule has 82 valence electrons. The van der Waals surface area contributed by atoms with Crippen LogP contribution < -0.4 is 0 Å². The molecule has 0 bridgehead atoms. The predicted molar refractivity (Wildman–Crippen MR) is 59.9 cm³/mol. The zero-order chi connectivity index (χ0) is 11.0. The highest BCUT2D eigenvalue weighted by Gasteiger charge is 2.32. The minimum Gasteiger partial charge on any atom is -0.463 e. The van der Waals surface area contributed by atoms with Crippen LogP contribution in [0, 0.1) is 0 Å². The molecule has 0 aromatic rings. The number of carbonyl (C=O) groups is 1. The minimum atomic E-state index is -1.96. The maximum absolute atomic E-state index is 10.9. The molecule has 0 spiro atoms. The Morgan fingerprint density at radius 3 is 2.43 bits per heavy atom. The number of hydrogen-bond acceptors (Lipinski definition) is 2. The number of alkyl halides is 3. The Balaban J connectivity index is 3.37. The van der Waals surface area contributed by atoms with Gasteiger partial charge in [-0.15, -0.1) is 6.58 Å². The highest BCUT2D eigenvalue weighted by Crippen LogP contribution is 2.27. The number of carbonyl (C=O) groups excluding carboxylic acids is 1. The number of ether oxygens (including phenoxy) is 1. The first-order chi connectivity index (χ1) is 6.48. The van der Waals surface area contributed by atoms with Crippen LogP contribution in [0.2, 0.25) is 0 Å². The molecule has 0 saturated heterocycles. The lowest BCUT2D eigenvalue weighted by Gasteiger charge is -2.09. The zero-order valence-electron chi connectivity index (χ0n) is 7.77. The Hall–Kier alpha value is 0.0800. The fourth-order valence-corrected chi connectivity index (χ4v) is 0.978. The van der Waals surface area contributed by atoms with Crippen molar-refractivity contribution >= 4 is 40.8 Å². The molecule has 2 nitrogen and oxygen atoms in total. The normalized spacial score (nSPS) is 11.1. The third-order valence-corrected chi connectivity index (χ3v) is 1.98. The highest BCUT2D eigenvalue weighted by molar-refractivity contribution is 6.75. The van der Waals surface area contributed by atoms with Gasteiger partial charge in [-0.05, 0) is 25.7 Å². The first-order valence-electron chi connectivity index (χ1n) is 4.33. The van der Waals surface area contributed by atoms with Gasteiger partial charge in [-0.1, -0.05) is 40.9 Å². The van der Waals surface area contributed by atoms with Gasteiger partial charge in [-0.2, -0.15) is 0 Å². The second kappa shape index (κ2) is 7.38. The molecule has 0 saturated carbocycles. The van der Waals surface area contributed by atoms with E-state index in [9.17, 15) is 4.79 Å². The average Bonchev–Trinajstić information content (AvgIpc) is 2.09. The Bertz CT molecular complexity index is 187. The SMILES string of the molecule is C=CCCCCCOC(=O)C(Cl)(Cl)Cl. The smallest absolute Gasteiger partial charge is 0.358 e. The van der Waals surface area contributed by atoms with Gasteiger partial charge in [0.05, 0.1) is 6.61 Å². The fourth-order valence-electron chi connectivity index (χ4n) is 0.814. The van der Waals surface area contributed by atoms with Gasteiger partial charge in [-0.3, -0.25) is 0 Å². The van der Waals surface area contributed by atoms with Gasteiger partial charge in [-0.25, -0.2) is 4.79 Å². The Kier molecular flexibility index (Phi) is 7.42. The quantitative estimate of drug-likeness (QED) is 0.315. The first-order valence-corrected chi connectivity index (χ1v) is 5.46. The van der Waals surface area contributed by atoms with Crippen molar-refractivity contribution in [1.29, 1.82) is 0 Å². The number of unbranched alkanes of at least 4 members (excludes halogenated alkanes) is 3. The largest absolute Gasteiger partial charge is 0.463 e. The summed E-state index contributed by atoms with van der Waals surface area (Å²) in [6.07, 6.45) is 5.61. The average molecular weight is 260 g/mol. The molecule has 0 aliphatic rings. The Morgan fingerprint density at radius 1 is 1.29 bits per heavy atom. The van der Waals surface area contributed by atoms with Crippen LogP contribution >= 0.6 is 34.8 Å². The molecule has 0 amide bonds. The van der Waals surface area contributed by atoms with Crippen LogP contribution in [0.5, 0.6) is 0 Å². The summed E-state index contributed by atoms with van der Waals surface area (Å²) in [7, 11) is 0. The van der Waals surface area contributed by atoms with E-state index in [-0.39, 0.29) is 0 Å². The van der Waals surface area contributed by atoms with E-state index in [1.165, 1.54) is 0 Å². The van der Waals surface area contributed by atoms with Crippen molar-refractivity contribution in [3.63, 3.8) is 0 Å². The zero-order valence-corrected chi connectivity index (χ0v) is 10.0. The van der Waals surface area contributed by atoms with Crippen LogP contribution in [-0.4, -0.2) is 16.4 Å². The fraction of sp³-hybridized carbons (Fsp3) is 0.667. The second-order valence-corrected chi connectivity index (χ2v) is 5.05. The van der Waals surface area contributed by atoms with Gasteiger partial charge in [0.2, 0.25) is 0 Å². The number of allylic oxidation sites excluding steroid dienone is 1. The molecular formula is C9H13Cl3O2. The van der Waals surface area contributed by atoms with Crippen molar-refractivity contribution in [2.45, 2.75) is 29.5 Å². The van der Waals surface area contributed by atoms with E-state index in [2.05, 4.69) is 6.58 Å². The van der Waals surface area contributed by atoms with E-state index in [0.29, 0.717) is 6.61 Å². The molecule has 0 aromatic heterocycles. The molecule has 0 aliphatic carbocycles. The number of rotatable bonds is 6. The third-order valence-electron chi connectivity index (χ3n) is 1.52. The topological polar surface area (TPSA) is 26.3 Å². The summed E-state index contributed by atoms with van der Waals surface area (Å²) in [5, 5.41) is 0. The van der Waals surface area contributed by atoms with Gasteiger partial charge >= 0.3 is 5.97 Å². The molecule has 0 rings (SSSR count). The van der Waals surface area contributed by atoms with Crippen molar-refractivity contribution in [3.8, 4) is 0 Å². The summed E-state index contributed by atoms with van der Waals surface area (Å²) in [6, 6.07) is 0. The van der Waals surface area contributed by atoms with Gasteiger partial charge in [0.15, 0.2) is 0 Å². The first kappa shape index (κ1) is 14.1. The van der Waals surface area contributed by atoms with Gasteiger partial charge in [0.1, 0.15) is 0 Å². The minimum absolute atomic E-state index is 0.296. The van der Waals surface area contributed by atoms with E-state index in [4.69, 9.17) is 39.5 Å². The predicted octanol–water partition coefficient (Wildman–Crippen LogP) is 3.65. The molecule has 5 heteroatoms. The lowest BCUT2D eigenvalue weighted by Crippen LogP contribution is -2.22. The Labute approximate surface area is 99.2 Å². The summed E-state index contributed by atoms with van der Waals surface area (Å²) in [5.74, 6) is -0.814. The maximum Gasteiger partial charge on any atom is 0.358 e. The molecular weight excluding hydrogens is 246 g/mol. The van der Waals surface area contributed by atoms with E-state index in [0.717, 1.165) is 25.7 Å². The van der Waals surface area contributed by atoms with Crippen molar-refractivity contribution in [1.82, 2.24) is 0 Å². The summed E-state index contributed by atoms with van der Waals surface area (Å²) in [4.78, 5) is 10.9. The van der Waals surface area contributed by atoms with Crippen molar-refractivity contribution < 1.29 is 9.53 Å². The summed E-state index contributed by atoms with van der Waals surface area (Å²) in [5.41, 5.74) is 0. The van der Waals surface area contributed by atoms with E-state index >= 15 is 0 Å². The standard InChI is InChI=1S/C9H13Cl3O2/c1-2-3-4-5-6-7-14-8(13)9(10,11)12/h2H,1,3-7H2. The molecule has 0 aromatic carbocycles. The molecule has 0 unspecified atom stereocenters. The molecule has 0 heterocycles. The second-order valence-electron chi connectivity index (χ2n) is 2.77. The van der Waals surface area contributed by atoms with Crippen LogP contribution in [0.25, 0.3) is 0 Å². The van der Waals surface area contributed by atoms with Crippen LogP contribution in [0.3, 0.4) is 0 Å². The number of halogens is 3. The van der Waals surface area contributed by atoms with Crippen LogP contribution in [0.15, 0.2) is 12.7 Å². The van der Waals surface area contributed by atoms with Crippen LogP contribution in [-0.2, 0) is 9.53 Å². The molecule has 0 radical (unpaired) electrons. The van der Waals surface area contributed by atoms with Crippen molar-refractivity contribution in [2.75, 3.05) is 6.61 Å². The molecule has 0 atom stereocenters. The Morgan fingerprint density at radius 2 is 1.93 bits per heavy atom.